The molecule has 0 bridgehead atoms. The summed E-state index contributed by atoms with van der Waals surface area (Å²) in [4.78, 5) is 0. The van der Waals surface area contributed by atoms with Gasteiger partial charge in [-0.2, -0.15) is 0 Å². The molecule has 3 nitrogen and oxygen atoms in total. The summed E-state index contributed by atoms with van der Waals surface area (Å²) in [6.07, 6.45) is 7.57. The number of benzene rings is 1. The van der Waals surface area contributed by atoms with Gasteiger partial charge in [0.2, 0.25) is 0 Å². The van der Waals surface area contributed by atoms with Crippen LogP contribution >= 0.6 is 0 Å². The van der Waals surface area contributed by atoms with Gasteiger partial charge in [-0.25, -0.2) is 4.39 Å². The molecule has 0 unspecified atom stereocenters. The molecule has 0 saturated carbocycles. The molecule has 80 valence electrons. The zero-order valence-electron chi connectivity index (χ0n) is 8.60. The van der Waals surface area contributed by atoms with Crippen LogP contribution in [0.25, 0.3) is 11.3 Å². The maximum atomic E-state index is 12.7. The molecule has 0 saturated heterocycles. The van der Waals surface area contributed by atoms with Crippen LogP contribution in [0.2, 0.25) is 0 Å². The van der Waals surface area contributed by atoms with E-state index < -0.39 is 0 Å². The maximum Gasteiger partial charge on any atom is 0.123 e. The van der Waals surface area contributed by atoms with Crippen LogP contribution in [-0.2, 0) is 6.54 Å². The fraction of sp³-hybridized carbons (Fsp3) is 0.167. The normalized spacial score (nSPS) is 10.0. The van der Waals surface area contributed by atoms with Crippen LogP contribution in [-0.4, -0.2) is 15.0 Å². The smallest absolute Gasteiger partial charge is 0.123 e. The third kappa shape index (κ3) is 2.26. The summed E-state index contributed by atoms with van der Waals surface area (Å²) in [5, 5.41) is 7.92. The Morgan fingerprint density at radius 2 is 2.06 bits per heavy atom. The molecule has 2 aromatic rings. The first-order valence-electron chi connectivity index (χ1n) is 4.89. The van der Waals surface area contributed by atoms with Crippen LogP contribution in [0.5, 0.6) is 0 Å². The quantitative estimate of drug-likeness (QED) is 0.734. The molecule has 0 amide bonds. The number of hydrogen-bond acceptors (Lipinski definition) is 2. The number of hydrogen-bond donors (Lipinski definition) is 0. The summed E-state index contributed by atoms with van der Waals surface area (Å²) < 4.78 is 14.4. The highest BCUT2D eigenvalue weighted by Crippen LogP contribution is 2.16. The summed E-state index contributed by atoms with van der Waals surface area (Å²) in [7, 11) is 0. The summed E-state index contributed by atoms with van der Waals surface area (Å²) in [6.45, 7) is 0.644. The molecule has 1 aromatic carbocycles. The topological polar surface area (TPSA) is 30.7 Å². The van der Waals surface area contributed by atoms with E-state index in [1.165, 1.54) is 12.1 Å². The van der Waals surface area contributed by atoms with Crippen molar-refractivity contribution in [2.24, 2.45) is 0 Å². The van der Waals surface area contributed by atoms with Gasteiger partial charge in [0.1, 0.15) is 11.5 Å². The van der Waals surface area contributed by atoms with E-state index in [2.05, 4.69) is 16.2 Å². The lowest BCUT2D eigenvalue weighted by atomic mass is 10.2. The zero-order valence-corrected chi connectivity index (χ0v) is 8.60. The minimum Gasteiger partial charge on any atom is -0.251 e. The Labute approximate surface area is 92.9 Å². The molecule has 0 fully saturated rings. The minimum absolute atomic E-state index is 0.261. The average Bonchev–Trinajstić information content (AvgIpc) is 2.76. The summed E-state index contributed by atoms with van der Waals surface area (Å²) in [6, 6.07) is 6.14. The van der Waals surface area contributed by atoms with Gasteiger partial charge in [0.05, 0.1) is 12.7 Å². The Morgan fingerprint density at radius 1 is 1.31 bits per heavy atom. The highest BCUT2D eigenvalue weighted by atomic mass is 19.1. The number of rotatable bonds is 3. The first-order valence-corrected chi connectivity index (χ1v) is 4.89. The van der Waals surface area contributed by atoms with E-state index in [0.717, 1.165) is 11.3 Å². The molecule has 1 heterocycles. The molecule has 0 aliphatic carbocycles. The molecule has 16 heavy (non-hydrogen) atoms. The Bertz CT molecular complexity index is 508. The average molecular weight is 215 g/mol. The molecule has 0 N–H and O–H groups in total. The summed E-state index contributed by atoms with van der Waals surface area (Å²) in [5.41, 5.74) is 1.56. The van der Waals surface area contributed by atoms with Gasteiger partial charge >= 0.3 is 0 Å². The van der Waals surface area contributed by atoms with E-state index in [1.807, 2.05) is 0 Å². The Hall–Kier alpha value is -2.15. The number of halogens is 1. The van der Waals surface area contributed by atoms with Crippen LogP contribution in [0.15, 0.2) is 30.5 Å². The van der Waals surface area contributed by atoms with E-state index >= 15 is 0 Å². The monoisotopic (exact) mass is 215 g/mol. The molecular formula is C12H10FN3. The molecule has 4 heteroatoms. The van der Waals surface area contributed by atoms with Gasteiger partial charge in [-0.15, -0.1) is 17.4 Å². The van der Waals surface area contributed by atoms with Gasteiger partial charge in [0, 0.05) is 12.0 Å². The number of terminal acetylenes is 1. The fourth-order valence-electron chi connectivity index (χ4n) is 1.34. The lowest BCUT2D eigenvalue weighted by molar-refractivity contribution is 0.602. The summed E-state index contributed by atoms with van der Waals surface area (Å²) >= 11 is 0. The second-order valence-electron chi connectivity index (χ2n) is 3.33. The molecule has 2 rings (SSSR count). The van der Waals surface area contributed by atoms with E-state index in [-0.39, 0.29) is 5.82 Å². The molecule has 0 atom stereocenters. The molecular weight excluding hydrogens is 205 g/mol. The lowest BCUT2D eigenvalue weighted by Gasteiger charge is -1.95. The first-order chi connectivity index (χ1) is 7.79. The van der Waals surface area contributed by atoms with Gasteiger partial charge in [-0.05, 0) is 24.3 Å². The van der Waals surface area contributed by atoms with Crippen LogP contribution in [0, 0.1) is 18.2 Å². The van der Waals surface area contributed by atoms with Crippen molar-refractivity contribution in [3.8, 4) is 23.6 Å². The summed E-state index contributed by atoms with van der Waals surface area (Å²) in [5.74, 6) is 2.27. The second kappa shape index (κ2) is 4.58. The molecule has 0 aliphatic heterocycles. The van der Waals surface area contributed by atoms with Crippen molar-refractivity contribution in [2.75, 3.05) is 0 Å². The second-order valence-corrected chi connectivity index (χ2v) is 3.33. The largest absolute Gasteiger partial charge is 0.251 e. The standard InChI is InChI=1S/C12H10FN3/c1-2-3-8-16-9-12(14-15-16)10-4-6-11(13)7-5-10/h1,4-7,9H,3,8H2. The SMILES string of the molecule is C#CCCn1cc(-c2ccc(F)cc2)nn1. The predicted molar refractivity (Wildman–Crippen MR) is 58.9 cm³/mol. The maximum absolute atomic E-state index is 12.7. The van der Waals surface area contributed by atoms with Crippen LogP contribution in [0.4, 0.5) is 4.39 Å². The minimum atomic E-state index is -0.261. The van der Waals surface area contributed by atoms with Crippen molar-refractivity contribution in [1.82, 2.24) is 15.0 Å². The van der Waals surface area contributed by atoms with Crippen molar-refractivity contribution in [3.05, 3.63) is 36.3 Å². The molecule has 0 radical (unpaired) electrons. The zero-order chi connectivity index (χ0) is 11.4. The van der Waals surface area contributed by atoms with Gasteiger partial charge in [-0.3, -0.25) is 4.68 Å². The van der Waals surface area contributed by atoms with E-state index in [1.54, 1.807) is 23.0 Å². The van der Waals surface area contributed by atoms with Crippen LogP contribution in [0.1, 0.15) is 6.42 Å². The van der Waals surface area contributed by atoms with Gasteiger partial charge in [-0.1, -0.05) is 5.21 Å². The highest BCUT2D eigenvalue weighted by Gasteiger charge is 2.03. The van der Waals surface area contributed by atoms with E-state index in [9.17, 15) is 4.39 Å². The Balaban J connectivity index is 2.18. The van der Waals surface area contributed by atoms with Crippen molar-refractivity contribution in [1.29, 1.82) is 0 Å². The van der Waals surface area contributed by atoms with Gasteiger partial charge < -0.3 is 0 Å². The highest BCUT2D eigenvalue weighted by molar-refractivity contribution is 5.57. The molecule has 0 aliphatic rings. The Morgan fingerprint density at radius 3 is 2.75 bits per heavy atom. The molecule has 0 spiro atoms. The van der Waals surface area contributed by atoms with Crippen LogP contribution in [0.3, 0.4) is 0 Å². The van der Waals surface area contributed by atoms with E-state index in [0.29, 0.717) is 13.0 Å². The molecule has 1 aromatic heterocycles. The number of nitrogens with zero attached hydrogens (tertiary/aromatic N) is 3. The van der Waals surface area contributed by atoms with Crippen molar-refractivity contribution >= 4 is 0 Å². The third-order valence-electron chi connectivity index (χ3n) is 2.16. The van der Waals surface area contributed by atoms with Crippen molar-refractivity contribution in [2.45, 2.75) is 13.0 Å². The predicted octanol–water partition coefficient (Wildman–Crippen LogP) is 2.11. The van der Waals surface area contributed by atoms with Gasteiger partial charge in [0.15, 0.2) is 0 Å². The van der Waals surface area contributed by atoms with Crippen LogP contribution < -0.4 is 0 Å². The number of aryl methyl sites for hydroxylation is 1. The van der Waals surface area contributed by atoms with Gasteiger partial charge in [0.25, 0.3) is 0 Å². The Kier molecular flexibility index (Phi) is 2.97. The van der Waals surface area contributed by atoms with E-state index in [4.69, 9.17) is 6.42 Å². The first kappa shape index (κ1) is 10.4. The van der Waals surface area contributed by atoms with Crippen molar-refractivity contribution < 1.29 is 4.39 Å². The fourth-order valence-corrected chi connectivity index (χ4v) is 1.34. The van der Waals surface area contributed by atoms with Crippen molar-refractivity contribution in [3.63, 3.8) is 0 Å². The number of aromatic nitrogens is 3. The lowest BCUT2D eigenvalue weighted by Crippen LogP contribution is -1.97. The third-order valence-corrected chi connectivity index (χ3v) is 2.16.